The molecule has 8 heteroatoms. The molecule has 1 aliphatic rings. The van der Waals surface area contributed by atoms with E-state index in [1.807, 2.05) is 84.5 Å². The lowest BCUT2D eigenvalue weighted by molar-refractivity contribution is 0.194. The molecule has 0 unspecified atom stereocenters. The van der Waals surface area contributed by atoms with Crippen LogP contribution < -0.4 is 10.1 Å². The van der Waals surface area contributed by atoms with Gasteiger partial charge in [-0.25, -0.2) is 13.9 Å². The van der Waals surface area contributed by atoms with Crippen molar-refractivity contribution in [3.63, 3.8) is 0 Å². The SMILES string of the molecule is COc1ccc([C@H]2c3cccn3-c3c(c(C)nn3-c3ccccc3)CN2C(=O)Nc2ccc(F)cc2)cc1. The summed E-state index contributed by atoms with van der Waals surface area (Å²) in [5, 5.41) is 7.83. The first-order chi connectivity index (χ1) is 18.5. The van der Waals surface area contributed by atoms with Crippen LogP contribution in [0.15, 0.2) is 97.2 Å². The molecule has 2 aromatic heterocycles. The Morgan fingerprint density at radius 2 is 1.71 bits per heavy atom. The van der Waals surface area contributed by atoms with Crippen molar-refractivity contribution >= 4 is 11.7 Å². The minimum Gasteiger partial charge on any atom is -0.497 e. The molecule has 7 nitrogen and oxygen atoms in total. The Morgan fingerprint density at radius 3 is 2.42 bits per heavy atom. The summed E-state index contributed by atoms with van der Waals surface area (Å²) in [4.78, 5) is 15.7. The maximum absolute atomic E-state index is 13.9. The van der Waals surface area contributed by atoms with Crippen molar-refractivity contribution in [2.45, 2.75) is 19.5 Å². The standard InChI is InChI=1S/C30H26FN5O2/c1-20-26-19-35(30(37)32-23-14-12-22(31)13-15-23)28(21-10-16-25(38-2)17-11-21)27-9-6-18-34(27)29(26)36(33-20)24-7-4-3-5-8-24/h3-18,28H,19H2,1-2H3,(H,32,37)/t28-/m0/s1. The molecule has 1 aliphatic heterocycles. The Balaban J connectivity index is 1.52. The third-order valence-corrected chi connectivity index (χ3v) is 6.87. The molecule has 0 fully saturated rings. The highest BCUT2D eigenvalue weighted by Crippen LogP contribution is 2.39. The van der Waals surface area contributed by atoms with Gasteiger partial charge in [0, 0.05) is 17.4 Å². The number of benzene rings is 3. The van der Waals surface area contributed by atoms with Crippen LogP contribution in [0.4, 0.5) is 14.9 Å². The summed E-state index contributed by atoms with van der Waals surface area (Å²) in [5.41, 5.74) is 5.07. The van der Waals surface area contributed by atoms with E-state index in [9.17, 15) is 9.18 Å². The second-order valence-electron chi connectivity index (χ2n) is 9.18. The van der Waals surface area contributed by atoms with Gasteiger partial charge in [0.1, 0.15) is 17.4 Å². The number of carbonyl (C=O) groups excluding carboxylic acids is 1. The van der Waals surface area contributed by atoms with Crippen molar-refractivity contribution in [3.05, 3.63) is 126 Å². The van der Waals surface area contributed by atoms with E-state index < -0.39 is 6.04 Å². The maximum atomic E-state index is 13.9. The van der Waals surface area contributed by atoms with Crippen LogP contribution in [-0.2, 0) is 6.54 Å². The van der Waals surface area contributed by atoms with E-state index >= 15 is 0 Å². The van der Waals surface area contributed by atoms with Gasteiger partial charge in [-0.1, -0.05) is 30.3 Å². The number of hydrogen-bond acceptors (Lipinski definition) is 3. The highest BCUT2D eigenvalue weighted by Gasteiger charge is 2.36. The average Bonchev–Trinajstić information content (AvgIpc) is 3.51. The normalized spacial score (nSPS) is 14.4. The van der Waals surface area contributed by atoms with Crippen LogP contribution in [-0.4, -0.2) is 32.4 Å². The third-order valence-electron chi connectivity index (χ3n) is 6.87. The van der Waals surface area contributed by atoms with Gasteiger partial charge in [0.15, 0.2) is 0 Å². The topological polar surface area (TPSA) is 64.3 Å². The van der Waals surface area contributed by atoms with Gasteiger partial charge in [-0.15, -0.1) is 0 Å². The number of anilines is 1. The lowest BCUT2D eigenvalue weighted by Crippen LogP contribution is -2.38. The van der Waals surface area contributed by atoms with Gasteiger partial charge in [-0.05, 0) is 73.2 Å². The number of para-hydroxylation sites is 1. The molecule has 0 radical (unpaired) electrons. The first kappa shape index (κ1) is 23.5. The predicted molar refractivity (Wildman–Crippen MR) is 143 cm³/mol. The summed E-state index contributed by atoms with van der Waals surface area (Å²) >= 11 is 0. The number of methoxy groups -OCH3 is 1. The van der Waals surface area contributed by atoms with Crippen LogP contribution in [0.3, 0.4) is 0 Å². The summed E-state index contributed by atoms with van der Waals surface area (Å²) in [7, 11) is 1.63. The number of carbonyl (C=O) groups is 1. The van der Waals surface area contributed by atoms with Crippen LogP contribution in [0.1, 0.15) is 28.6 Å². The first-order valence-electron chi connectivity index (χ1n) is 12.3. The van der Waals surface area contributed by atoms with Crippen LogP contribution in [0, 0.1) is 12.7 Å². The second kappa shape index (κ2) is 9.55. The van der Waals surface area contributed by atoms with Gasteiger partial charge >= 0.3 is 6.03 Å². The number of rotatable bonds is 4. The number of fused-ring (bicyclic) bond motifs is 3. The number of nitrogens with one attached hydrogen (secondary N) is 1. The Labute approximate surface area is 219 Å². The first-order valence-corrected chi connectivity index (χ1v) is 12.3. The molecule has 5 aromatic rings. The Morgan fingerprint density at radius 1 is 0.974 bits per heavy atom. The van der Waals surface area contributed by atoms with E-state index in [1.165, 1.54) is 12.1 Å². The van der Waals surface area contributed by atoms with Gasteiger partial charge in [0.25, 0.3) is 0 Å². The molecule has 0 saturated carbocycles. The fourth-order valence-corrected chi connectivity index (χ4v) is 5.01. The monoisotopic (exact) mass is 507 g/mol. The van der Waals surface area contributed by atoms with Crippen molar-refractivity contribution in [2.75, 3.05) is 12.4 Å². The van der Waals surface area contributed by atoms with Crippen molar-refractivity contribution in [2.24, 2.45) is 0 Å². The number of amides is 2. The number of hydrogen-bond donors (Lipinski definition) is 1. The molecule has 6 rings (SSSR count). The minimum atomic E-state index is -0.410. The number of ether oxygens (including phenoxy) is 1. The van der Waals surface area contributed by atoms with Gasteiger partial charge < -0.3 is 19.5 Å². The quantitative estimate of drug-likeness (QED) is 0.312. The van der Waals surface area contributed by atoms with Crippen LogP contribution in [0.25, 0.3) is 11.5 Å². The molecular formula is C30H26FN5O2. The molecule has 3 heterocycles. The van der Waals surface area contributed by atoms with E-state index in [4.69, 9.17) is 9.84 Å². The number of aromatic nitrogens is 3. The van der Waals surface area contributed by atoms with E-state index in [2.05, 4.69) is 9.88 Å². The lowest BCUT2D eigenvalue weighted by atomic mass is 10.0. The third kappa shape index (κ3) is 4.10. The van der Waals surface area contributed by atoms with E-state index in [-0.39, 0.29) is 11.8 Å². The zero-order chi connectivity index (χ0) is 26.2. The fraction of sp³-hybridized carbons (Fsp3) is 0.133. The highest BCUT2D eigenvalue weighted by atomic mass is 19.1. The highest BCUT2D eigenvalue weighted by molar-refractivity contribution is 5.90. The Hall–Kier alpha value is -4.85. The summed E-state index contributed by atoms with van der Waals surface area (Å²) in [6.07, 6.45) is 2.01. The van der Waals surface area contributed by atoms with E-state index in [0.717, 1.165) is 39.8 Å². The molecule has 190 valence electrons. The number of urea groups is 1. The zero-order valence-corrected chi connectivity index (χ0v) is 21.0. The molecular weight excluding hydrogens is 481 g/mol. The van der Waals surface area contributed by atoms with Gasteiger partial charge in [0.05, 0.1) is 36.8 Å². The number of aryl methyl sites for hydroxylation is 1. The number of halogens is 1. The van der Waals surface area contributed by atoms with Crippen LogP contribution in [0.2, 0.25) is 0 Å². The maximum Gasteiger partial charge on any atom is 0.322 e. The van der Waals surface area contributed by atoms with Crippen molar-refractivity contribution in [1.29, 1.82) is 0 Å². The molecule has 0 saturated heterocycles. The summed E-state index contributed by atoms with van der Waals surface area (Å²) in [6, 6.07) is 26.8. The molecule has 1 atom stereocenters. The van der Waals surface area contributed by atoms with Crippen molar-refractivity contribution in [1.82, 2.24) is 19.2 Å². The van der Waals surface area contributed by atoms with Crippen LogP contribution in [0.5, 0.6) is 5.75 Å². The smallest absolute Gasteiger partial charge is 0.322 e. The van der Waals surface area contributed by atoms with Gasteiger partial charge in [-0.2, -0.15) is 5.10 Å². The van der Waals surface area contributed by atoms with Crippen molar-refractivity contribution in [3.8, 4) is 17.3 Å². The van der Waals surface area contributed by atoms with E-state index in [1.54, 1.807) is 24.1 Å². The molecule has 3 aromatic carbocycles. The van der Waals surface area contributed by atoms with Gasteiger partial charge in [0.2, 0.25) is 0 Å². The largest absolute Gasteiger partial charge is 0.497 e. The number of nitrogens with zero attached hydrogens (tertiary/aromatic N) is 4. The van der Waals surface area contributed by atoms with Crippen LogP contribution >= 0.6 is 0 Å². The molecule has 0 aliphatic carbocycles. The molecule has 2 amide bonds. The Kier molecular flexibility index (Phi) is 5.92. The summed E-state index contributed by atoms with van der Waals surface area (Å²) in [5.74, 6) is 1.27. The summed E-state index contributed by atoms with van der Waals surface area (Å²) < 4.78 is 22.9. The fourth-order valence-electron chi connectivity index (χ4n) is 5.01. The molecule has 1 N–H and O–H groups in total. The minimum absolute atomic E-state index is 0.301. The van der Waals surface area contributed by atoms with Gasteiger partial charge in [-0.3, -0.25) is 0 Å². The average molecular weight is 508 g/mol. The summed E-state index contributed by atoms with van der Waals surface area (Å²) in [6.45, 7) is 2.28. The molecule has 0 bridgehead atoms. The van der Waals surface area contributed by atoms with Crippen molar-refractivity contribution < 1.29 is 13.9 Å². The molecule has 38 heavy (non-hydrogen) atoms. The van der Waals surface area contributed by atoms with E-state index in [0.29, 0.717) is 12.2 Å². The predicted octanol–water partition coefficient (Wildman–Crippen LogP) is 6.26. The zero-order valence-electron chi connectivity index (χ0n) is 21.0. The Bertz CT molecular complexity index is 1590. The molecule has 0 spiro atoms. The lowest BCUT2D eigenvalue weighted by Gasteiger charge is -2.31. The second-order valence-corrected chi connectivity index (χ2v) is 9.18.